The van der Waals surface area contributed by atoms with Gasteiger partial charge in [-0.15, -0.1) is 10.2 Å². The number of anilines is 1. The van der Waals surface area contributed by atoms with Gasteiger partial charge in [0, 0.05) is 26.9 Å². The van der Waals surface area contributed by atoms with Gasteiger partial charge in [0.05, 0.1) is 11.4 Å². The molecule has 3 N–H and O–H groups in total. The lowest BCUT2D eigenvalue weighted by Crippen LogP contribution is -2.17. The maximum Gasteiger partial charge on any atom is 0.234 e. The van der Waals surface area contributed by atoms with Crippen LogP contribution in [0.3, 0.4) is 0 Å². The zero-order chi connectivity index (χ0) is 18.7. The van der Waals surface area contributed by atoms with E-state index < -0.39 is 0 Å². The SMILES string of the molecule is Cc1cc(Br)c(NC(=O)CSc2nnc(-c3cccnc3)n2N)c(Br)c1. The molecule has 7 nitrogen and oxygen atoms in total. The number of benzene rings is 1. The molecule has 3 rings (SSSR count). The summed E-state index contributed by atoms with van der Waals surface area (Å²) in [6.45, 7) is 1.98. The van der Waals surface area contributed by atoms with Gasteiger partial charge in [0.15, 0.2) is 5.82 Å². The summed E-state index contributed by atoms with van der Waals surface area (Å²) in [5.74, 6) is 6.50. The molecule has 0 atom stereocenters. The predicted molar refractivity (Wildman–Crippen MR) is 109 cm³/mol. The lowest BCUT2D eigenvalue weighted by Gasteiger charge is -2.10. The molecule has 26 heavy (non-hydrogen) atoms. The molecule has 0 spiro atoms. The van der Waals surface area contributed by atoms with Crippen molar-refractivity contribution in [3.05, 3.63) is 51.2 Å². The number of pyridine rings is 1. The Morgan fingerprint density at radius 3 is 2.69 bits per heavy atom. The Morgan fingerprint density at radius 2 is 2.04 bits per heavy atom. The van der Waals surface area contributed by atoms with Crippen molar-refractivity contribution in [2.75, 3.05) is 16.9 Å². The van der Waals surface area contributed by atoms with Crippen LogP contribution >= 0.6 is 43.6 Å². The number of amides is 1. The minimum atomic E-state index is -0.175. The van der Waals surface area contributed by atoms with Crippen LogP contribution in [0.15, 0.2) is 50.8 Å². The summed E-state index contributed by atoms with van der Waals surface area (Å²) in [5.41, 5.74) is 2.52. The third-order valence-corrected chi connectivity index (χ3v) is 5.56. The average molecular weight is 498 g/mol. The number of nitrogen functional groups attached to an aromatic ring is 1. The fraction of sp³-hybridized carbons (Fsp3) is 0.125. The molecule has 134 valence electrons. The molecule has 3 aromatic rings. The molecule has 0 radical (unpaired) electrons. The van der Waals surface area contributed by atoms with Crippen LogP contribution in [-0.2, 0) is 4.79 Å². The van der Waals surface area contributed by atoms with Gasteiger partial charge >= 0.3 is 0 Å². The highest BCUT2D eigenvalue weighted by Gasteiger charge is 2.15. The quantitative estimate of drug-likeness (QED) is 0.412. The van der Waals surface area contributed by atoms with E-state index in [0.717, 1.165) is 20.1 Å². The monoisotopic (exact) mass is 496 g/mol. The van der Waals surface area contributed by atoms with Crippen LogP contribution in [0.2, 0.25) is 0 Å². The Hall–Kier alpha value is -1.91. The van der Waals surface area contributed by atoms with E-state index >= 15 is 0 Å². The number of nitrogens with zero attached hydrogens (tertiary/aromatic N) is 4. The lowest BCUT2D eigenvalue weighted by molar-refractivity contribution is -0.113. The van der Waals surface area contributed by atoms with Crippen molar-refractivity contribution in [1.82, 2.24) is 19.9 Å². The first-order chi connectivity index (χ1) is 12.5. The van der Waals surface area contributed by atoms with Crippen molar-refractivity contribution in [2.24, 2.45) is 0 Å². The van der Waals surface area contributed by atoms with E-state index in [9.17, 15) is 4.79 Å². The van der Waals surface area contributed by atoms with E-state index in [0.29, 0.717) is 16.7 Å². The zero-order valence-corrected chi connectivity index (χ0v) is 17.6. The van der Waals surface area contributed by atoms with Crippen LogP contribution in [0.5, 0.6) is 0 Å². The van der Waals surface area contributed by atoms with Crippen LogP contribution < -0.4 is 11.2 Å². The number of aryl methyl sites for hydroxylation is 1. The molecule has 0 aliphatic rings. The van der Waals surface area contributed by atoms with Gasteiger partial charge in [-0.05, 0) is 68.6 Å². The van der Waals surface area contributed by atoms with Crippen LogP contribution in [0.1, 0.15) is 5.56 Å². The van der Waals surface area contributed by atoms with Gasteiger partial charge in [-0.1, -0.05) is 11.8 Å². The first-order valence-electron chi connectivity index (χ1n) is 7.45. The first kappa shape index (κ1) is 18.9. The topological polar surface area (TPSA) is 98.7 Å². The molecule has 0 aliphatic carbocycles. The normalized spacial score (nSPS) is 10.7. The molecule has 1 aromatic carbocycles. The van der Waals surface area contributed by atoms with Crippen molar-refractivity contribution in [3.8, 4) is 11.4 Å². The van der Waals surface area contributed by atoms with E-state index in [1.807, 2.05) is 25.1 Å². The molecule has 0 saturated carbocycles. The Labute approximate surface area is 171 Å². The fourth-order valence-corrected chi connectivity index (χ4v) is 4.46. The largest absolute Gasteiger partial charge is 0.335 e. The van der Waals surface area contributed by atoms with E-state index in [1.54, 1.807) is 18.5 Å². The number of carbonyl (C=O) groups excluding carboxylic acids is 1. The van der Waals surface area contributed by atoms with Crippen LogP contribution in [0.4, 0.5) is 5.69 Å². The number of hydrogen-bond donors (Lipinski definition) is 2. The molecule has 2 heterocycles. The standard InChI is InChI=1S/C16H14Br2N6OS/c1-9-5-11(17)14(12(18)6-9)21-13(25)8-26-16-23-22-15(24(16)19)10-3-2-4-20-7-10/h2-7H,8,19H2,1H3,(H,21,25). The van der Waals surface area contributed by atoms with Crippen LogP contribution in [-0.4, -0.2) is 31.5 Å². The summed E-state index contributed by atoms with van der Waals surface area (Å²) >= 11 is 8.12. The predicted octanol–water partition coefficient (Wildman–Crippen LogP) is 3.62. The summed E-state index contributed by atoms with van der Waals surface area (Å²) < 4.78 is 2.97. The van der Waals surface area contributed by atoms with Crippen molar-refractivity contribution in [2.45, 2.75) is 12.1 Å². The third kappa shape index (κ3) is 4.25. The number of nitrogens with two attached hydrogens (primary N) is 1. The first-order valence-corrected chi connectivity index (χ1v) is 10.0. The summed E-state index contributed by atoms with van der Waals surface area (Å²) in [7, 11) is 0. The van der Waals surface area contributed by atoms with Gasteiger partial charge in [-0.3, -0.25) is 9.78 Å². The Morgan fingerprint density at radius 1 is 1.31 bits per heavy atom. The molecule has 0 saturated heterocycles. The number of hydrogen-bond acceptors (Lipinski definition) is 6. The van der Waals surface area contributed by atoms with Gasteiger partial charge in [0.2, 0.25) is 11.1 Å². The second-order valence-corrected chi connectivity index (χ2v) is 8.01. The Kier molecular flexibility index (Phi) is 5.94. The molecule has 0 fully saturated rings. The van der Waals surface area contributed by atoms with Gasteiger partial charge in [-0.2, -0.15) is 0 Å². The maximum absolute atomic E-state index is 12.3. The van der Waals surface area contributed by atoms with E-state index in [1.165, 1.54) is 16.4 Å². The second kappa shape index (κ2) is 8.19. The van der Waals surface area contributed by atoms with Crippen molar-refractivity contribution in [3.63, 3.8) is 0 Å². The van der Waals surface area contributed by atoms with E-state index in [2.05, 4.69) is 52.4 Å². The molecule has 2 aromatic heterocycles. The average Bonchev–Trinajstić information content (AvgIpc) is 2.98. The zero-order valence-electron chi connectivity index (χ0n) is 13.6. The number of aromatic nitrogens is 4. The second-order valence-electron chi connectivity index (χ2n) is 5.36. The number of rotatable bonds is 5. The molecule has 0 unspecified atom stereocenters. The maximum atomic E-state index is 12.3. The Balaban J connectivity index is 1.67. The third-order valence-electron chi connectivity index (χ3n) is 3.37. The van der Waals surface area contributed by atoms with Crippen molar-refractivity contribution in [1.29, 1.82) is 0 Å². The summed E-state index contributed by atoms with van der Waals surface area (Å²) in [5, 5.41) is 11.4. The molecule has 0 bridgehead atoms. The van der Waals surface area contributed by atoms with E-state index in [-0.39, 0.29) is 11.7 Å². The minimum Gasteiger partial charge on any atom is -0.335 e. The number of nitrogens with one attached hydrogen (secondary N) is 1. The van der Waals surface area contributed by atoms with Gasteiger partial charge in [-0.25, -0.2) is 4.68 Å². The molecular formula is C16H14Br2N6OS. The number of carbonyl (C=O) groups is 1. The molecule has 1 amide bonds. The molecule has 0 aliphatic heterocycles. The highest BCUT2D eigenvalue weighted by atomic mass is 79.9. The summed E-state index contributed by atoms with van der Waals surface area (Å²) in [6, 6.07) is 7.50. The molecule has 10 heteroatoms. The van der Waals surface area contributed by atoms with Gasteiger partial charge < -0.3 is 11.2 Å². The van der Waals surface area contributed by atoms with Crippen molar-refractivity contribution < 1.29 is 4.79 Å². The van der Waals surface area contributed by atoms with Crippen LogP contribution in [0.25, 0.3) is 11.4 Å². The minimum absolute atomic E-state index is 0.148. The van der Waals surface area contributed by atoms with Crippen LogP contribution in [0, 0.1) is 6.92 Å². The highest BCUT2D eigenvalue weighted by molar-refractivity contribution is 9.11. The fourth-order valence-electron chi connectivity index (χ4n) is 2.19. The number of thioether (sulfide) groups is 1. The van der Waals surface area contributed by atoms with Gasteiger partial charge in [0.1, 0.15) is 0 Å². The summed E-state index contributed by atoms with van der Waals surface area (Å²) in [4.78, 5) is 16.3. The van der Waals surface area contributed by atoms with E-state index in [4.69, 9.17) is 5.84 Å². The highest BCUT2D eigenvalue weighted by Crippen LogP contribution is 2.32. The Bertz CT molecular complexity index is 924. The molecular weight excluding hydrogens is 484 g/mol. The number of halogens is 2. The smallest absolute Gasteiger partial charge is 0.234 e. The lowest BCUT2D eigenvalue weighted by atomic mass is 10.2. The summed E-state index contributed by atoms with van der Waals surface area (Å²) in [6.07, 6.45) is 3.32. The van der Waals surface area contributed by atoms with Crippen molar-refractivity contribution >= 4 is 55.2 Å². The van der Waals surface area contributed by atoms with Gasteiger partial charge in [0.25, 0.3) is 0 Å².